The van der Waals surface area contributed by atoms with Crippen molar-refractivity contribution in [1.29, 1.82) is 0 Å². The number of hydrogen-bond acceptors (Lipinski definition) is 4. The van der Waals surface area contributed by atoms with Crippen LogP contribution in [0.2, 0.25) is 0 Å². The monoisotopic (exact) mass is 443 g/mol. The highest BCUT2D eigenvalue weighted by atomic mass is 19.1. The van der Waals surface area contributed by atoms with E-state index < -0.39 is 11.9 Å². The van der Waals surface area contributed by atoms with Gasteiger partial charge in [0.2, 0.25) is 5.76 Å². The maximum atomic E-state index is 13.9. The molecule has 0 unspecified atom stereocenters. The van der Waals surface area contributed by atoms with Crippen molar-refractivity contribution < 1.29 is 18.3 Å². The van der Waals surface area contributed by atoms with Crippen molar-refractivity contribution in [3.8, 4) is 5.75 Å². The summed E-state index contributed by atoms with van der Waals surface area (Å²) in [6, 6.07) is 18.4. The Morgan fingerprint density at radius 1 is 0.970 bits per heavy atom. The average molecular weight is 443 g/mol. The van der Waals surface area contributed by atoms with Crippen molar-refractivity contribution in [2.24, 2.45) is 0 Å². The van der Waals surface area contributed by atoms with Crippen LogP contribution < -0.4 is 10.2 Å². The van der Waals surface area contributed by atoms with E-state index in [2.05, 4.69) is 6.92 Å². The molecule has 0 radical (unpaired) electrons. The van der Waals surface area contributed by atoms with E-state index in [-0.39, 0.29) is 40.2 Å². The van der Waals surface area contributed by atoms with Crippen molar-refractivity contribution in [2.45, 2.75) is 25.9 Å². The second kappa shape index (κ2) is 8.20. The lowest BCUT2D eigenvalue weighted by atomic mass is 9.97. The summed E-state index contributed by atoms with van der Waals surface area (Å²) in [6.07, 6.45) is 0.877. The van der Waals surface area contributed by atoms with Gasteiger partial charge in [0, 0.05) is 6.54 Å². The minimum Gasteiger partial charge on any atom is -0.497 e. The first-order chi connectivity index (χ1) is 16.0. The number of hydrogen-bond donors (Lipinski definition) is 0. The Kier molecular flexibility index (Phi) is 5.21. The SMILES string of the molecule is CCc1ccc([C@H]2c3c(oc4ccc(F)cc4c3=O)C(=O)N2Cc2ccc(OC)cc2)cc1. The average Bonchev–Trinajstić information content (AvgIpc) is 3.12. The van der Waals surface area contributed by atoms with Crippen molar-refractivity contribution >= 4 is 16.9 Å². The van der Waals surface area contributed by atoms with Crippen molar-refractivity contribution in [1.82, 2.24) is 4.90 Å². The van der Waals surface area contributed by atoms with E-state index in [0.29, 0.717) is 5.75 Å². The Balaban J connectivity index is 1.67. The predicted molar refractivity (Wildman–Crippen MR) is 123 cm³/mol. The fourth-order valence-electron chi connectivity index (χ4n) is 4.37. The number of rotatable bonds is 5. The van der Waals surface area contributed by atoms with Crippen LogP contribution in [-0.2, 0) is 13.0 Å². The van der Waals surface area contributed by atoms with Crippen LogP contribution >= 0.6 is 0 Å². The number of amides is 1. The van der Waals surface area contributed by atoms with E-state index >= 15 is 0 Å². The first-order valence-corrected chi connectivity index (χ1v) is 10.8. The van der Waals surface area contributed by atoms with Gasteiger partial charge in [-0.1, -0.05) is 43.3 Å². The second-order valence-electron chi connectivity index (χ2n) is 8.09. The highest BCUT2D eigenvalue weighted by molar-refractivity contribution is 5.99. The number of carbonyl (C=O) groups excluding carboxylic acids is 1. The molecule has 5 rings (SSSR count). The third-order valence-electron chi connectivity index (χ3n) is 6.14. The summed E-state index contributed by atoms with van der Waals surface area (Å²) < 4.78 is 25.0. The zero-order valence-corrected chi connectivity index (χ0v) is 18.3. The molecular weight excluding hydrogens is 421 g/mol. The molecular formula is C27H22FNO4. The molecule has 0 saturated carbocycles. The van der Waals surface area contributed by atoms with Crippen LogP contribution in [0.3, 0.4) is 0 Å². The Morgan fingerprint density at radius 2 is 1.67 bits per heavy atom. The minimum atomic E-state index is -0.635. The fourth-order valence-corrected chi connectivity index (χ4v) is 4.37. The number of fused-ring (bicyclic) bond motifs is 2. The molecule has 2 heterocycles. The van der Waals surface area contributed by atoms with Crippen LogP contribution in [0.1, 0.15) is 45.8 Å². The zero-order chi connectivity index (χ0) is 23.1. The number of carbonyl (C=O) groups is 1. The smallest absolute Gasteiger partial charge is 0.291 e. The van der Waals surface area contributed by atoms with Gasteiger partial charge >= 0.3 is 0 Å². The van der Waals surface area contributed by atoms with Gasteiger partial charge in [-0.15, -0.1) is 0 Å². The molecule has 33 heavy (non-hydrogen) atoms. The van der Waals surface area contributed by atoms with E-state index in [9.17, 15) is 14.0 Å². The summed E-state index contributed by atoms with van der Waals surface area (Å²) in [4.78, 5) is 28.6. The Hall–Kier alpha value is -3.93. The molecule has 6 heteroatoms. The molecule has 0 saturated heterocycles. The second-order valence-corrected chi connectivity index (χ2v) is 8.09. The van der Waals surface area contributed by atoms with E-state index in [0.717, 1.165) is 29.2 Å². The predicted octanol–water partition coefficient (Wildman–Crippen LogP) is 5.25. The molecule has 1 aliphatic rings. The van der Waals surface area contributed by atoms with E-state index in [1.807, 2.05) is 48.5 Å². The van der Waals surface area contributed by atoms with Gasteiger partial charge in [0.1, 0.15) is 17.1 Å². The topological polar surface area (TPSA) is 59.8 Å². The molecule has 1 atom stereocenters. The Morgan fingerprint density at radius 3 is 2.33 bits per heavy atom. The van der Waals surface area contributed by atoms with Crippen LogP contribution in [0.25, 0.3) is 11.0 Å². The van der Waals surface area contributed by atoms with Gasteiger partial charge < -0.3 is 14.1 Å². The summed E-state index contributed by atoms with van der Waals surface area (Å²) >= 11 is 0. The van der Waals surface area contributed by atoms with Gasteiger partial charge in [0.05, 0.1) is 24.1 Å². The quantitative estimate of drug-likeness (QED) is 0.423. The normalized spacial score (nSPS) is 15.2. The molecule has 166 valence electrons. The molecule has 1 amide bonds. The lowest BCUT2D eigenvalue weighted by Crippen LogP contribution is -2.29. The molecule has 0 spiro atoms. The molecule has 3 aromatic carbocycles. The molecule has 5 nitrogen and oxygen atoms in total. The molecule has 0 aliphatic carbocycles. The third kappa shape index (κ3) is 3.57. The van der Waals surface area contributed by atoms with Crippen LogP contribution in [0.4, 0.5) is 4.39 Å². The maximum absolute atomic E-state index is 13.9. The van der Waals surface area contributed by atoms with Crippen LogP contribution in [0.5, 0.6) is 5.75 Å². The van der Waals surface area contributed by atoms with E-state index in [4.69, 9.17) is 9.15 Å². The molecule has 4 aromatic rings. The largest absolute Gasteiger partial charge is 0.497 e. The Labute approximate surface area is 190 Å². The highest BCUT2D eigenvalue weighted by Gasteiger charge is 2.42. The van der Waals surface area contributed by atoms with E-state index in [1.165, 1.54) is 12.1 Å². The minimum absolute atomic E-state index is 0.0113. The number of ether oxygens (including phenoxy) is 1. The molecule has 1 aromatic heterocycles. The van der Waals surface area contributed by atoms with Crippen LogP contribution in [0.15, 0.2) is 75.9 Å². The number of benzene rings is 3. The maximum Gasteiger partial charge on any atom is 0.291 e. The summed E-state index contributed by atoms with van der Waals surface area (Å²) in [6.45, 7) is 2.34. The first-order valence-electron chi connectivity index (χ1n) is 10.8. The van der Waals surface area contributed by atoms with Crippen molar-refractivity contribution in [3.05, 3.63) is 111 Å². The highest BCUT2D eigenvalue weighted by Crippen LogP contribution is 2.39. The number of nitrogens with zero attached hydrogens (tertiary/aromatic N) is 1. The lowest BCUT2D eigenvalue weighted by Gasteiger charge is -2.25. The van der Waals surface area contributed by atoms with Gasteiger partial charge in [0.25, 0.3) is 5.91 Å². The number of aryl methyl sites for hydroxylation is 1. The van der Waals surface area contributed by atoms with Gasteiger partial charge in [-0.3, -0.25) is 9.59 Å². The summed E-state index contributed by atoms with van der Waals surface area (Å²) in [7, 11) is 1.59. The molecule has 1 aliphatic heterocycles. The fraction of sp³-hybridized carbons (Fsp3) is 0.185. The van der Waals surface area contributed by atoms with E-state index in [1.54, 1.807) is 12.0 Å². The standard InChI is InChI=1S/C27H22FNO4/c1-3-16-4-8-18(9-5-16)24-23-25(30)21-14-19(28)10-13-22(21)33-26(23)27(31)29(24)15-17-6-11-20(32-2)12-7-17/h4-14,24H,3,15H2,1-2H3/t24-/m0/s1. The molecule has 0 bridgehead atoms. The van der Waals surface area contributed by atoms with Gasteiger partial charge in [0.15, 0.2) is 5.43 Å². The zero-order valence-electron chi connectivity index (χ0n) is 18.3. The summed E-state index contributed by atoms with van der Waals surface area (Å²) in [5.41, 5.74) is 2.89. The lowest BCUT2D eigenvalue weighted by molar-refractivity contribution is 0.0714. The Bertz CT molecular complexity index is 1410. The first kappa shape index (κ1) is 20.9. The molecule has 0 N–H and O–H groups in total. The summed E-state index contributed by atoms with van der Waals surface area (Å²) in [5.74, 6) is -0.171. The van der Waals surface area contributed by atoms with Gasteiger partial charge in [-0.05, 0) is 53.4 Å². The third-order valence-corrected chi connectivity index (χ3v) is 6.14. The summed E-state index contributed by atoms with van der Waals surface area (Å²) in [5, 5.41) is 0.128. The van der Waals surface area contributed by atoms with Crippen LogP contribution in [-0.4, -0.2) is 17.9 Å². The number of halogens is 1. The van der Waals surface area contributed by atoms with Crippen molar-refractivity contribution in [2.75, 3.05) is 7.11 Å². The van der Waals surface area contributed by atoms with Gasteiger partial charge in [-0.2, -0.15) is 0 Å². The molecule has 0 fully saturated rings. The van der Waals surface area contributed by atoms with Crippen molar-refractivity contribution in [3.63, 3.8) is 0 Å². The van der Waals surface area contributed by atoms with Gasteiger partial charge in [-0.25, -0.2) is 4.39 Å². The van der Waals surface area contributed by atoms with Crippen LogP contribution in [0, 0.1) is 5.82 Å². The number of methoxy groups -OCH3 is 1.